The standard InChI is InChI=1S/C11H15FN2O2S/c1-8(7-17-2)13-6-9-3-4-11(14(15)16)10(12)5-9/h3-5,8,13H,6-7H2,1-2H3. The number of nitro benzene ring substituents is 1. The molecule has 0 spiro atoms. The first kappa shape index (κ1) is 13.9. The summed E-state index contributed by atoms with van der Waals surface area (Å²) >= 11 is 1.73. The minimum Gasteiger partial charge on any atom is -0.309 e. The van der Waals surface area contributed by atoms with Crippen molar-refractivity contribution in [2.45, 2.75) is 19.5 Å². The summed E-state index contributed by atoms with van der Waals surface area (Å²) in [6.07, 6.45) is 2.02. The van der Waals surface area contributed by atoms with Crippen molar-refractivity contribution in [3.05, 3.63) is 39.7 Å². The van der Waals surface area contributed by atoms with Crippen molar-refractivity contribution in [1.29, 1.82) is 0 Å². The number of hydrogen-bond acceptors (Lipinski definition) is 4. The molecule has 0 heterocycles. The molecule has 0 radical (unpaired) electrons. The molecule has 4 nitrogen and oxygen atoms in total. The van der Waals surface area contributed by atoms with Crippen molar-refractivity contribution in [1.82, 2.24) is 5.32 Å². The average Bonchev–Trinajstić information content (AvgIpc) is 2.26. The lowest BCUT2D eigenvalue weighted by atomic mass is 10.2. The van der Waals surface area contributed by atoms with Crippen molar-refractivity contribution in [3.8, 4) is 0 Å². The molecule has 94 valence electrons. The molecule has 0 saturated carbocycles. The van der Waals surface area contributed by atoms with E-state index in [1.54, 1.807) is 17.8 Å². The molecule has 0 amide bonds. The molecule has 1 atom stereocenters. The topological polar surface area (TPSA) is 55.2 Å². The third kappa shape index (κ3) is 4.32. The summed E-state index contributed by atoms with van der Waals surface area (Å²) in [5, 5.41) is 13.6. The zero-order valence-electron chi connectivity index (χ0n) is 9.77. The van der Waals surface area contributed by atoms with Gasteiger partial charge in [0.15, 0.2) is 0 Å². The first-order valence-corrected chi connectivity index (χ1v) is 6.59. The van der Waals surface area contributed by atoms with Crippen molar-refractivity contribution < 1.29 is 9.31 Å². The van der Waals surface area contributed by atoms with Crippen molar-refractivity contribution in [3.63, 3.8) is 0 Å². The molecule has 0 saturated heterocycles. The molecule has 1 unspecified atom stereocenters. The molecule has 0 aromatic heterocycles. The molecule has 0 fully saturated rings. The summed E-state index contributed by atoms with van der Waals surface area (Å²) in [6.45, 7) is 2.55. The number of halogens is 1. The Bertz CT molecular complexity index is 401. The molecule has 6 heteroatoms. The number of rotatable bonds is 6. The first-order valence-electron chi connectivity index (χ1n) is 5.19. The van der Waals surface area contributed by atoms with E-state index in [0.717, 1.165) is 5.75 Å². The molecule has 1 aromatic rings. The summed E-state index contributed by atoms with van der Waals surface area (Å²) in [4.78, 5) is 9.71. The van der Waals surface area contributed by atoms with E-state index >= 15 is 0 Å². The molecule has 17 heavy (non-hydrogen) atoms. The van der Waals surface area contributed by atoms with E-state index in [2.05, 4.69) is 5.32 Å². The van der Waals surface area contributed by atoms with Crippen LogP contribution in [0.15, 0.2) is 18.2 Å². The van der Waals surface area contributed by atoms with Gasteiger partial charge in [0.05, 0.1) is 4.92 Å². The van der Waals surface area contributed by atoms with Crippen molar-refractivity contribution in [2.75, 3.05) is 12.0 Å². The van der Waals surface area contributed by atoms with Crippen molar-refractivity contribution in [2.24, 2.45) is 0 Å². The predicted octanol–water partition coefficient (Wildman–Crippen LogP) is 2.58. The van der Waals surface area contributed by atoms with Crippen LogP contribution in [0.3, 0.4) is 0 Å². The van der Waals surface area contributed by atoms with Crippen LogP contribution in [0, 0.1) is 15.9 Å². The lowest BCUT2D eigenvalue weighted by Crippen LogP contribution is -2.27. The van der Waals surface area contributed by atoms with Gasteiger partial charge in [0.25, 0.3) is 0 Å². The molecule has 0 bridgehead atoms. The van der Waals surface area contributed by atoms with Gasteiger partial charge in [-0.05, 0) is 24.8 Å². The number of hydrogen-bond donors (Lipinski definition) is 1. The fourth-order valence-corrected chi connectivity index (χ4v) is 2.03. The predicted molar refractivity (Wildman–Crippen MR) is 67.7 cm³/mol. The van der Waals surface area contributed by atoms with E-state index in [4.69, 9.17) is 0 Å². The Kier molecular flexibility index (Phi) is 5.37. The van der Waals surface area contributed by atoms with Crippen LogP contribution >= 0.6 is 11.8 Å². The normalized spacial score (nSPS) is 12.4. The van der Waals surface area contributed by atoms with Gasteiger partial charge < -0.3 is 5.32 Å². The Morgan fingerprint density at radius 1 is 1.59 bits per heavy atom. The van der Waals surface area contributed by atoms with Gasteiger partial charge in [-0.1, -0.05) is 6.07 Å². The molecular formula is C11H15FN2O2S. The summed E-state index contributed by atoms with van der Waals surface area (Å²) < 4.78 is 13.3. The minimum absolute atomic E-state index is 0.322. The van der Waals surface area contributed by atoms with Crippen LogP contribution in [0.5, 0.6) is 0 Å². The van der Waals surface area contributed by atoms with Crippen LogP contribution in [0.25, 0.3) is 0 Å². The smallest absolute Gasteiger partial charge is 0.304 e. The molecule has 1 rings (SSSR count). The zero-order valence-corrected chi connectivity index (χ0v) is 10.6. The van der Waals surface area contributed by atoms with Crippen LogP contribution in [-0.2, 0) is 6.54 Å². The zero-order chi connectivity index (χ0) is 12.8. The Morgan fingerprint density at radius 2 is 2.29 bits per heavy atom. The Labute approximate surface area is 104 Å². The van der Waals surface area contributed by atoms with Gasteiger partial charge in [0.1, 0.15) is 0 Å². The second-order valence-corrected chi connectivity index (χ2v) is 4.69. The number of thioether (sulfide) groups is 1. The monoisotopic (exact) mass is 258 g/mol. The van der Waals surface area contributed by atoms with Crippen LogP contribution in [-0.4, -0.2) is 23.0 Å². The highest BCUT2D eigenvalue weighted by atomic mass is 32.2. The van der Waals surface area contributed by atoms with E-state index in [9.17, 15) is 14.5 Å². The highest BCUT2D eigenvalue weighted by Gasteiger charge is 2.13. The van der Waals surface area contributed by atoms with Gasteiger partial charge in [0, 0.05) is 24.4 Å². The number of nitrogens with one attached hydrogen (secondary N) is 1. The van der Waals surface area contributed by atoms with Gasteiger partial charge in [0.2, 0.25) is 5.82 Å². The quantitative estimate of drug-likeness (QED) is 0.629. The average molecular weight is 258 g/mol. The molecular weight excluding hydrogens is 243 g/mol. The van der Waals surface area contributed by atoms with Crippen molar-refractivity contribution >= 4 is 17.4 Å². The van der Waals surface area contributed by atoms with Gasteiger partial charge in [-0.15, -0.1) is 0 Å². The molecule has 0 aliphatic carbocycles. The Morgan fingerprint density at radius 3 is 2.82 bits per heavy atom. The minimum atomic E-state index is -0.785. The highest BCUT2D eigenvalue weighted by molar-refractivity contribution is 7.98. The molecule has 1 N–H and O–H groups in total. The van der Waals surface area contributed by atoms with Crippen LogP contribution in [0.1, 0.15) is 12.5 Å². The van der Waals surface area contributed by atoms with Crippen LogP contribution in [0.4, 0.5) is 10.1 Å². The Balaban J connectivity index is 2.62. The van der Waals surface area contributed by atoms with Gasteiger partial charge in [-0.2, -0.15) is 16.2 Å². The van der Waals surface area contributed by atoms with Gasteiger partial charge in [-0.3, -0.25) is 10.1 Å². The largest absolute Gasteiger partial charge is 0.309 e. The lowest BCUT2D eigenvalue weighted by Gasteiger charge is -2.12. The highest BCUT2D eigenvalue weighted by Crippen LogP contribution is 2.17. The van der Waals surface area contributed by atoms with Gasteiger partial charge in [-0.25, -0.2) is 0 Å². The first-order chi connectivity index (χ1) is 8.04. The lowest BCUT2D eigenvalue weighted by molar-refractivity contribution is -0.387. The fourth-order valence-electron chi connectivity index (χ4n) is 1.41. The summed E-state index contributed by atoms with van der Waals surface area (Å²) in [5.74, 6) is 0.182. The third-order valence-corrected chi connectivity index (χ3v) is 3.11. The van der Waals surface area contributed by atoms with E-state index < -0.39 is 16.4 Å². The maximum Gasteiger partial charge on any atom is 0.304 e. The molecule has 0 aliphatic heterocycles. The summed E-state index contributed by atoms with van der Waals surface area (Å²) in [6, 6.07) is 4.30. The molecule has 0 aliphatic rings. The van der Waals surface area contributed by atoms with E-state index in [1.807, 2.05) is 13.2 Å². The fraction of sp³-hybridized carbons (Fsp3) is 0.455. The summed E-state index contributed by atoms with van der Waals surface area (Å²) in [7, 11) is 0. The number of nitrogens with zero attached hydrogens (tertiary/aromatic N) is 1. The summed E-state index contributed by atoms with van der Waals surface area (Å²) in [5.41, 5.74) is 0.229. The molecule has 1 aromatic carbocycles. The van der Waals surface area contributed by atoms with E-state index in [0.29, 0.717) is 18.2 Å². The second-order valence-electron chi connectivity index (χ2n) is 3.78. The third-order valence-electron chi connectivity index (χ3n) is 2.28. The maximum absolute atomic E-state index is 13.3. The van der Waals surface area contributed by atoms with E-state index in [1.165, 1.54) is 12.1 Å². The van der Waals surface area contributed by atoms with Crippen LogP contribution < -0.4 is 5.32 Å². The SMILES string of the molecule is CSCC(C)NCc1ccc([N+](=O)[O-])c(F)c1. The second kappa shape index (κ2) is 6.56. The van der Waals surface area contributed by atoms with Gasteiger partial charge >= 0.3 is 5.69 Å². The number of nitro groups is 1. The van der Waals surface area contributed by atoms with E-state index in [-0.39, 0.29) is 0 Å². The Hall–Kier alpha value is -1.14. The maximum atomic E-state index is 13.3. The van der Waals surface area contributed by atoms with Crippen LogP contribution in [0.2, 0.25) is 0 Å². The number of benzene rings is 1.